The summed E-state index contributed by atoms with van der Waals surface area (Å²) in [4.78, 5) is 39.9. The summed E-state index contributed by atoms with van der Waals surface area (Å²) in [6.45, 7) is 12.9. The van der Waals surface area contributed by atoms with Gasteiger partial charge in [-0.1, -0.05) is 27.7 Å². The van der Waals surface area contributed by atoms with E-state index in [0.717, 1.165) is 0 Å². The Morgan fingerprint density at radius 2 is 1.88 bits per heavy atom. The molecule has 0 radical (unpaired) electrons. The first-order chi connectivity index (χ1) is 15.1. The van der Waals surface area contributed by atoms with Crippen LogP contribution in [0.2, 0.25) is 18.1 Å². The van der Waals surface area contributed by atoms with Crippen LogP contribution >= 0.6 is 0 Å². The molecule has 0 aromatic heterocycles. The standard InChI is InChI=1S/C23H36FN3O5Si/c1-14-12-18(29)27(17-10-8-16(24)9-11-17)23(14,13-28)21(31)26-19(20(25)30)15(2)32-33(6,7)22(3,4)5/h8-11,14-15,19,28H,12-13H2,1-7H3,(H2,25,30)(H,26,31)/t14?,15-,19+,23?/m1/s1. The second kappa shape index (κ2) is 9.52. The van der Waals surface area contributed by atoms with Gasteiger partial charge in [0.15, 0.2) is 13.9 Å². The molecular weight excluding hydrogens is 445 g/mol. The van der Waals surface area contributed by atoms with Crippen LogP contribution in [0.15, 0.2) is 24.3 Å². The van der Waals surface area contributed by atoms with Crippen LogP contribution in [0.1, 0.15) is 41.0 Å². The highest BCUT2D eigenvalue weighted by molar-refractivity contribution is 6.74. The van der Waals surface area contributed by atoms with E-state index in [1.54, 1.807) is 13.8 Å². The Kier molecular flexibility index (Phi) is 7.77. The average Bonchev–Trinajstić information content (AvgIpc) is 2.95. The third-order valence-corrected chi connectivity index (χ3v) is 11.6. The molecule has 1 aromatic carbocycles. The Balaban J connectivity index is 2.40. The van der Waals surface area contributed by atoms with Gasteiger partial charge in [0.05, 0.1) is 12.7 Å². The molecule has 0 saturated carbocycles. The second-order valence-corrected chi connectivity index (χ2v) is 15.1. The molecule has 0 spiro atoms. The highest BCUT2D eigenvalue weighted by Gasteiger charge is 2.57. The van der Waals surface area contributed by atoms with Crippen molar-refractivity contribution in [2.45, 2.75) is 76.9 Å². The minimum Gasteiger partial charge on any atom is -0.412 e. The molecule has 1 aliphatic heterocycles. The number of aliphatic hydroxyl groups is 1. The summed E-state index contributed by atoms with van der Waals surface area (Å²) in [5.74, 6) is -2.97. The Morgan fingerprint density at radius 1 is 1.33 bits per heavy atom. The van der Waals surface area contributed by atoms with E-state index in [2.05, 4.69) is 26.1 Å². The van der Waals surface area contributed by atoms with Crippen molar-refractivity contribution in [1.29, 1.82) is 0 Å². The van der Waals surface area contributed by atoms with E-state index in [9.17, 15) is 23.9 Å². The molecule has 4 atom stereocenters. The fourth-order valence-corrected chi connectivity index (χ4v) is 5.37. The minimum absolute atomic E-state index is 0.00260. The molecule has 184 valence electrons. The normalized spacial score (nSPS) is 23.4. The van der Waals surface area contributed by atoms with E-state index in [1.807, 2.05) is 13.1 Å². The van der Waals surface area contributed by atoms with Gasteiger partial charge in [-0.15, -0.1) is 0 Å². The number of carbonyl (C=O) groups excluding carboxylic acids is 3. The Hall–Kier alpha value is -2.30. The zero-order chi connectivity index (χ0) is 25.4. The number of carbonyl (C=O) groups is 3. The molecule has 4 N–H and O–H groups in total. The third-order valence-electron chi connectivity index (χ3n) is 7.01. The fraction of sp³-hybridized carbons (Fsp3) is 0.609. The zero-order valence-electron chi connectivity index (χ0n) is 20.4. The van der Waals surface area contributed by atoms with Crippen molar-refractivity contribution in [2.24, 2.45) is 11.7 Å². The number of anilines is 1. The number of primary amides is 1. The predicted octanol–water partition coefficient (Wildman–Crippen LogP) is 2.31. The van der Waals surface area contributed by atoms with Crippen LogP contribution in [0.3, 0.4) is 0 Å². The Morgan fingerprint density at radius 3 is 2.33 bits per heavy atom. The smallest absolute Gasteiger partial charge is 0.249 e. The number of benzene rings is 1. The molecule has 3 amide bonds. The fourth-order valence-electron chi connectivity index (χ4n) is 3.95. The van der Waals surface area contributed by atoms with Crippen LogP contribution in [-0.2, 0) is 18.8 Å². The maximum atomic E-state index is 13.6. The van der Waals surface area contributed by atoms with Gasteiger partial charge in [-0.05, 0) is 55.2 Å². The number of nitrogens with two attached hydrogens (primary N) is 1. The second-order valence-electron chi connectivity index (χ2n) is 10.3. The van der Waals surface area contributed by atoms with Gasteiger partial charge in [-0.3, -0.25) is 19.3 Å². The van der Waals surface area contributed by atoms with E-state index in [1.165, 1.54) is 29.2 Å². The van der Waals surface area contributed by atoms with Gasteiger partial charge in [-0.25, -0.2) is 4.39 Å². The predicted molar refractivity (Wildman–Crippen MR) is 126 cm³/mol. The van der Waals surface area contributed by atoms with Crippen molar-refractivity contribution in [3.8, 4) is 0 Å². The Labute approximate surface area is 195 Å². The van der Waals surface area contributed by atoms with Crippen LogP contribution in [0.4, 0.5) is 10.1 Å². The highest BCUT2D eigenvalue weighted by atomic mass is 28.4. The van der Waals surface area contributed by atoms with Crippen molar-refractivity contribution in [2.75, 3.05) is 11.5 Å². The van der Waals surface area contributed by atoms with E-state index >= 15 is 0 Å². The van der Waals surface area contributed by atoms with E-state index < -0.39 is 56.2 Å². The van der Waals surface area contributed by atoms with Crippen LogP contribution in [0.5, 0.6) is 0 Å². The van der Waals surface area contributed by atoms with Gasteiger partial charge >= 0.3 is 0 Å². The molecule has 33 heavy (non-hydrogen) atoms. The lowest BCUT2D eigenvalue weighted by molar-refractivity contribution is -0.135. The number of nitrogens with zero attached hydrogens (tertiary/aromatic N) is 1. The van der Waals surface area contributed by atoms with Gasteiger partial charge in [0.25, 0.3) is 0 Å². The third kappa shape index (κ3) is 5.12. The molecule has 0 bridgehead atoms. The summed E-state index contributed by atoms with van der Waals surface area (Å²) in [6.07, 6.45) is -0.724. The summed E-state index contributed by atoms with van der Waals surface area (Å²) >= 11 is 0. The van der Waals surface area contributed by atoms with Crippen molar-refractivity contribution in [1.82, 2.24) is 5.32 Å². The molecule has 1 heterocycles. The van der Waals surface area contributed by atoms with Gasteiger partial charge in [0.1, 0.15) is 11.9 Å². The van der Waals surface area contributed by atoms with Crippen molar-refractivity contribution in [3.05, 3.63) is 30.1 Å². The lowest BCUT2D eigenvalue weighted by atomic mass is 9.85. The van der Waals surface area contributed by atoms with Gasteiger partial charge < -0.3 is 20.6 Å². The maximum absolute atomic E-state index is 13.6. The molecule has 1 aromatic rings. The minimum atomic E-state index is -2.29. The first kappa shape index (κ1) is 26.9. The summed E-state index contributed by atoms with van der Waals surface area (Å²) in [6, 6.07) is 3.92. The number of rotatable bonds is 8. The first-order valence-corrected chi connectivity index (χ1v) is 14.0. The van der Waals surface area contributed by atoms with Crippen molar-refractivity contribution in [3.63, 3.8) is 0 Å². The summed E-state index contributed by atoms with van der Waals surface area (Å²) in [5.41, 5.74) is 4.21. The molecule has 0 aliphatic carbocycles. The molecule has 1 saturated heterocycles. The number of halogens is 1. The van der Waals surface area contributed by atoms with Gasteiger partial charge in [0, 0.05) is 12.1 Å². The lowest BCUT2D eigenvalue weighted by Crippen LogP contribution is -2.66. The van der Waals surface area contributed by atoms with E-state index in [0.29, 0.717) is 0 Å². The zero-order valence-corrected chi connectivity index (χ0v) is 21.4. The largest absolute Gasteiger partial charge is 0.412 e. The van der Waals surface area contributed by atoms with E-state index in [4.69, 9.17) is 10.2 Å². The number of amides is 3. The summed E-state index contributed by atoms with van der Waals surface area (Å²) in [7, 11) is -2.29. The molecule has 2 unspecified atom stereocenters. The molecule has 1 fully saturated rings. The molecule has 10 heteroatoms. The quantitative estimate of drug-likeness (QED) is 0.492. The molecular formula is C23H36FN3O5Si. The number of aliphatic hydroxyl groups excluding tert-OH is 1. The number of hydrogen-bond donors (Lipinski definition) is 3. The van der Waals surface area contributed by atoms with Crippen molar-refractivity contribution >= 4 is 31.7 Å². The monoisotopic (exact) mass is 481 g/mol. The van der Waals surface area contributed by atoms with Crippen LogP contribution in [-0.4, -0.2) is 55.4 Å². The summed E-state index contributed by atoms with van der Waals surface area (Å²) in [5, 5.41) is 12.9. The first-order valence-electron chi connectivity index (χ1n) is 11.1. The molecule has 8 nitrogen and oxygen atoms in total. The topological polar surface area (TPSA) is 122 Å². The van der Waals surface area contributed by atoms with Crippen LogP contribution < -0.4 is 16.0 Å². The summed E-state index contributed by atoms with van der Waals surface area (Å²) < 4.78 is 19.7. The molecule has 2 rings (SSSR count). The van der Waals surface area contributed by atoms with Crippen molar-refractivity contribution < 1.29 is 28.3 Å². The number of hydrogen-bond acceptors (Lipinski definition) is 5. The Bertz CT molecular complexity index is 902. The highest BCUT2D eigenvalue weighted by Crippen LogP contribution is 2.40. The van der Waals surface area contributed by atoms with Crippen LogP contribution in [0, 0.1) is 11.7 Å². The molecule has 1 aliphatic rings. The van der Waals surface area contributed by atoms with Gasteiger partial charge in [0.2, 0.25) is 17.7 Å². The van der Waals surface area contributed by atoms with E-state index in [-0.39, 0.29) is 23.1 Å². The van der Waals surface area contributed by atoms with Crippen LogP contribution in [0.25, 0.3) is 0 Å². The average molecular weight is 482 g/mol. The lowest BCUT2D eigenvalue weighted by Gasteiger charge is -2.42. The maximum Gasteiger partial charge on any atom is 0.249 e. The van der Waals surface area contributed by atoms with Gasteiger partial charge in [-0.2, -0.15) is 0 Å². The number of nitrogens with one attached hydrogen (secondary N) is 1. The SMILES string of the molecule is CC1CC(=O)N(c2ccc(F)cc2)C1(CO)C(=O)N[C@H](C(N)=O)[C@@H](C)O[Si](C)(C)C(C)(C)C.